The minimum Gasteiger partial charge on any atom is -1.00 e. The van der Waals surface area contributed by atoms with Crippen molar-refractivity contribution in [3.63, 3.8) is 0 Å². The van der Waals surface area contributed by atoms with E-state index in [-0.39, 0.29) is 71.0 Å². The zero-order valence-corrected chi connectivity index (χ0v) is 27.3. The number of aromatic amines is 1. The number of amides is 2. The molecule has 2 amide bonds. The van der Waals surface area contributed by atoms with Crippen LogP contribution in [0.25, 0.3) is 22.6 Å². The average Bonchev–Trinajstić information content (AvgIpc) is 3.54. The number of rotatable bonds is 12. The summed E-state index contributed by atoms with van der Waals surface area (Å²) in [5, 5.41) is 5.45. The Hall–Kier alpha value is -3.06. The number of aromatic nitrogens is 3. The van der Waals surface area contributed by atoms with Crippen molar-refractivity contribution in [3.05, 3.63) is 59.8 Å². The van der Waals surface area contributed by atoms with Crippen LogP contribution in [0.1, 0.15) is 22.3 Å². The van der Waals surface area contributed by atoms with E-state index in [0.29, 0.717) is 29.1 Å². The van der Waals surface area contributed by atoms with E-state index in [9.17, 15) is 22.8 Å². The van der Waals surface area contributed by atoms with Crippen LogP contribution in [0.2, 0.25) is 0 Å². The van der Waals surface area contributed by atoms with Gasteiger partial charge in [0, 0.05) is 55.0 Å². The first kappa shape index (κ1) is 35.4. The van der Waals surface area contributed by atoms with E-state index in [2.05, 4.69) is 33.1 Å². The number of halogens is 6. The number of benzene rings is 2. The number of hydrogen-bond donors (Lipinski definition) is 3. The summed E-state index contributed by atoms with van der Waals surface area (Å²) in [6, 6.07) is 10.3. The molecule has 0 radical (unpaired) electrons. The lowest BCUT2D eigenvalue weighted by atomic mass is 10.1. The standard InChI is InChI=1S/C29H31Cl2F3N6O2S.ClH/c1-39-25-6-4-18(14-22(25)38-27(39)23-16-20(17-35-23)36-26(41)8-13-43(2)3)28(42)37-19-5-7-24(21(15-19)29(32,33)34)40(11-9-30)12-10-31;/h4-7,14-17H,8-13H2,1-3H3,(H2-,35,36,37,38,41,42);1H. The van der Waals surface area contributed by atoms with Crippen LogP contribution >= 0.6 is 23.2 Å². The molecule has 15 heteroatoms. The van der Waals surface area contributed by atoms with Gasteiger partial charge in [-0.05, 0) is 53.4 Å². The number of fused-ring (bicyclic) bond motifs is 1. The van der Waals surface area contributed by atoms with E-state index in [1.165, 1.54) is 17.0 Å². The molecule has 0 spiro atoms. The quantitative estimate of drug-likeness (QED) is 0.157. The van der Waals surface area contributed by atoms with Crippen LogP contribution in [0.15, 0.2) is 48.7 Å². The van der Waals surface area contributed by atoms with Gasteiger partial charge in [0.15, 0.2) is 5.82 Å². The second kappa shape index (κ2) is 15.3. The fourth-order valence-electron chi connectivity index (χ4n) is 4.57. The average molecular weight is 692 g/mol. The molecule has 2 aromatic carbocycles. The van der Waals surface area contributed by atoms with E-state index in [1.54, 1.807) is 30.5 Å². The van der Waals surface area contributed by atoms with Gasteiger partial charge < -0.3 is 37.5 Å². The Kier molecular flexibility index (Phi) is 12.3. The minimum atomic E-state index is -4.66. The first-order valence-corrected chi connectivity index (χ1v) is 16.6. The van der Waals surface area contributed by atoms with Gasteiger partial charge in [-0.1, -0.05) is 0 Å². The highest BCUT2D eigenvalue weighted by molar-refractivity contribution is 7.95. The van der Waals surface area contributed by atoms with Crippen LogP contribution < -0.4 is 27.9 Å². The molecule has 2 aromatic heterocycles. The molecule has 44 heavy (non-hydrogen) atoms. The summed E-state index contributed by atoms with van der Waals surface area (Å²) in [7, 11) is 2.00. The molecular weight excluding hydrogens is 660 g/mol. The first-order valence-electron chi connectivity index (χ1n) is 13.3. The van der Waals surface area contributed by atoms with Gasteiger partial charge in [0.25, 0.3) is 5.91 Å². The summed E-state index contributed by atoms with van der Waals surface area (Å²) in [5.41, 5.74) is 1.82. The maximum atomic E-state index is 14.0. The van der Waals surface area contributed by atoms with Gasteiger partial charge in [-0.15, -0.1) is 23.2 Å². The highest BCUT2D eigenvalue weighted by atomic mass is 35.5. The molecule has 0 aliphatic heterocycles. The van der Waals surface area contributed by atoms with Crippen molar-refractivity contribution in [3.8, 4) is 11.5 Å². The molecule has 0 aliphatic carbocycles. The normalized spacial score (nSPS) is 11.5. The molecule has 0 fully saturated rings. The van der Waals surface area contributed by atoms with Crippen LogP contribution in [-0.4, -0.2) is 69.5 Å². The lowest BCUT2D eigenvalue weighted by Gasteiger charge is -2.27. The van der Waals surface area contributed by atoms with Crippen LogP contribution in [0.4, 0.5) is 30.2 Å². The molecule has 4 rings (SSSR count). The molecule has 0 saturated heterocycles. The van der Waals surface area contributed by atoms with Crippen molar-refractivity contribution in [1.82, 2.24) is 14.5 Å². The second-order valence-electron chi connectivity index (χ2n) is 10.0. The van der Waals surface area contributed by atoms with E-state index in [1.807, 2.05) is 11.6 Å². The Balaban J connectivity index is 0.00000529. The summed E-state index contributed by atoms with van der Waals surface area (Å²) in [5.74, 6) is 1.02. The number of aryl methyl sites for hydroxylation is 1. The number of alkyl halides is 5. The van der Waals surface area contributed by atoms with Gasteiger partial charge in [0.05, 0.1) is 46.9 Å². The molecule has 0 unspecified atom stereocenters. The van der Waals surface area contributed by atoms with E-state index in [4.69, 9.17) is 23.2 Å². The zero-order valence-electron chi connectivity index (χ0n) is 24.2. The fourth-order valence-corrected chi connectivity index (χ4v) is 5.58. The summed E-state index contributed by atoms with van der Waals surface area (Å²) in [4.78, 5) is 34.6. The maximum absolute atomic E-state index is 14.0. The number of anilines is 3. The van der Waals surface area contributed by atoms with Gasteiger partial charge in [-0.25, -0.2) is 4.98 Å². The van der Waals surface area contributed by atoms with Crippen molar-refractivity contribution < 1.29 is 35.2 Å². The molecule has 8 nitrogen and oxygen atoms in total. The molecular formula is C29H32Cl3F3N6O2S. The number of carbonyl (C=O) groups excluding carboxylic acids is 2. The number of H-pyrrole nitrogens is 1. The fraction of sp³-hybridized carbons (Fsp3) is 0.345. The van der Waals surface area contributed by atoms with Crippen LogP contribution in [0.5, 0.6) is 0 Å². The highest BCUT2D eigenvalue weighted by Crippen LogP contribution is 2.38. The molecule has 0 aliphatic rings. The van der Waals surface area contributed by atoms with Crippen molar-refractivity contribution in [2.45, 2.75) is 12.6 Å². The number of carbonyl (C=O) groups is 2. The number of nitrogens with zero attached hydrogens (tertiary/aromatic N) is 3. The van der Waals surface area contributed by atoms with E-state index < -0.39 is 17.6 Å². The van der Waals surface area contributed by atoms with Crippen LogP contribution in [-0.2, 0) is 28.9 Å². The van der Waals surface area contributed by atoms with Crippen LogP contribution in [0, 0.1) is 0 Å². The smallest absolute Gasteiger partial charge is 0.418 e. The third-order valence-corrected chi connectivity index (χ3v) is 8.06. The van der Waals surface area contributed by atoms with Gasteiger partial charge >= 0.3 is 6.18 Å². The van der Waals surface area contributed by atoms with Gasteiger partial charge in [-0.3, -0.25) is 9.59 Å². The molecule has 0 saturated carbocycles. The van der Waals surface area contributed by atoms with Gasteiger partial charge in [0.2, 0.25) is 5.91 Å². The Morgan fingerprint density at radius 2 is 1.73 bits per heavy atom. The molecule has 4 aromatic rings. The predicted molar refractivity (Wildman–Crippen MR) is 171 cm³/mol. The summed E-state index contributed by atoms with van der Waals surface area (Å²) >= 11 is 11.6. The van der Waals surface area contributed by atoms with Crippen molar-refractivity contribution >= 4 is 74.0 Å². The van der Waals surface area contributed by atoms with Gasteiger partial charge in [-0.2, -0.15) is 13.2 Å². The molecule has 3 N–H and O–H groups in total. The number of imidazole rings is 1. The Labute approximate surface area is 272 Å². The molecule has 0 atom stereocenters. The summed E-state index contributed by atoms with van der Waals surface area (Å²) in [6.07, 6.45) is 1.64. The maximum Gasteiger partial charge on any atom is 0.418 e. The van der Waals surface area contributed by atoms with E-state index >= 15 is 0 Å². The predicted octanol–water partition coefficient (Wildman–Crippen LogP) is 3.33. The third-order valence-electron chi connectivity index (χ3n) is 6.70. The monoisotopic (exact) mass is 690 g/mol. The number of nitrogens with one attached hydrogen (secondary N) is 3. The minimum absolute atomic E-state index is 0. The Morgan fingerprint density at radius 1 is 1.02 bits per heavy atom. The van der Waals surface area contributed by atoms with E-state index in [0.717, 1.165) is 17.3 Å². The Bertz CT molecular complexity index is 1600. The molecule has 0 bridgehead atoms. The van der Waals surface area contributed by atoms with Gasteiger partial charge in [0.1, 0.15) is 5.75 Å². The van der Waals surface area contributed by atoms with Crippen LogP contribution in [0.3, 0.4) is 0 Å². The lowest BCUT2D eigenvalue weighted by Crippen LogP contribution is -3.00. The zero-order chi connectivity index (χ0) is 31.3. The van der Waals surface area contributed by atoms with Crippen molar-refractivity contribution in [2.24, 2.45) is 7.05 Å². The SMILES string of the molecule is Cn1c(-c2cc(NC(=O)CC[S+](C)C)c[nH]2)nc2cc(C(=O)Nc3ccc(N(CCCl)CCCl)c(C(F)(F)F)c3)ccc21.[Cl-]. The highest BCUT2D eigenvalue weighted by Gasteiger charge is 2.35. The van der Waals surface area contributed by atoms with Crippen molar-refractivity contribution in [1.29, 1.82) is 0 Å². The Morgan fingerprint density at radius 3 is 2.36 bits per heavy atom. The lowest BCUT2D eigenvalue weighted by molar-refractivity contribution is -0.137. The summed E-state index contributed by atoms with van der Waals surface area (Å²) in [6.45, 7) is 0.373. The second-order valence-corrected chi connectivity index (χ2v) is 13.2. The topological polar surface area (TPSA) is 95.0 Å². The summed E-state index contributed by atoms with van der Waals surface area (Å²) < 4.78 is 43.8. The molecule has 238 valence electrons. The first-order chi connectivity index (χ1) is 20.4. The third kappa shape index (κ3) is 8.56. The van der Waals surface area contributed by atoms with Crippen molar-refractivity contribution in [2.75, 3.05) is 58.6 Å². The largest absolute Gasteiger partial charge is 1.00 e. The molecule has 2 heterocycles. The number of hydrogen-bond acceptors (Lipinski definition) is 4.